The largest absolute Gasteiger partial charge is 0.456 e. The number of esters is 1. The minimum absolute atomic E-state index is 0.0421. The molecule has 0 heterocycles. The molecule has 0 atom stereocenters. The van der Waals surface area contributed by atoms with Gasteiger partial charge >= 0.3 is 12.1 Å². The predicted octanol–water partition coefficient (Wildman–Crippen LogP) is 1.19. The van der Waals surface area contributed by atoms with Crippen molar-refractivity contribution >= 4 is 21.9 Å². The van der Waals surface area contributed by atoms with E-state index in [-0.39, 0.29) is 17.9 Å². The molecule has 1 aromatic rings. The highest BCUT2D eigenvalue weighted by Crippen LogP contribution is 2.14. The first-order chi connectivity index (χ1) is 11.9. The molecule has 2 N–H and O–H groups in total. The fraction of sp³-hybridized carbons (Fsp3) is 0.467. The van der Waals surface area contributed by atoms with Crippen LogP contribution in [0.3, 0.4) is 0 Å². The third-order valence-corrected chi connectivity index (χ3v) is 4.72. The van der Waals surface area contributed by atoms with Crippen LogP contribution in [0.15, 0.2) is 23.1 Å². The minimum Gasteiger partial charge on any atom is -0.456 e. The lowest BCUT2D eigenvalue weighted by molar-refractivity contribution is -0.151. The summed E-state index contributed by atoms with van der Waals surface area (Å²) >= 11 is 0. The lowest BCUT2D eigenvalue weighted by Crippen LogP contribution is -2.36. The van der Waals surface area contributed by atoms with Crippen LogP contribution in [0.1, 0.15) is 17.5 Å². The lowest BCUT2D eigenvalue weighted by Gasteiger charge is -2.10. The van der Waals surface area contributed by atoms with Crippen LogP contribution in [0, 0.1) is 13.8 Å². The number of alkyl halides is 3. The Bertz CT molecular complexity index is 763. The maximum atomic E-state index is 12.1. The zero-order valence-corrected chi connectivity index (χ0v) is 15.0. The first-order valence-electron chi connectivity index (χ1n) is 7.47. The van der Waals surface area contributed by atoms with Crippen molar-refractivity contribution in [2.24, 2.45) is 0 Å². The van der Waals surface area contributed by atoms with Gasteiger partial charge in [0, 0.05) is 6.54 Å². The van der Waals surface area contributed by atoms with E-state index in [1.165, 1.54) is 17.4 Å². The minimum atomic E-state index is -4.56. The average molecular weight is 396 g/mol. The van der Waals surface area contributed by atoms with Crippen LogP contribution in [0.25, 0.3) is 0 Å². The molecule has 0 aliphatic rings. The number of nitrogens with one attached hydrogen (secondary N) is 2. The zero-order valence-electron chi connectivity index (χ0n) is 14.1. The molecule has 0 saturated heterocycles. The van der Waals surface area contributed by atoms with Gasteiger partial charge in [-0.05, 0) is 37.1 Å². The van der Waals surface area contributed by atoms with E-state index in [1.807, 2.05) is 6.92 Å². The van der Waals surface area contributed by atoms with Crippen LogP contribution in [0.2, 0.25) is 0 Å². The van der Waals surface area contributed by atoms with E-state index >= 15 is 0 Å². The van der Waals surface area contributed by atoms with Crippen molar-refractivity contribution in [3.8, 4) is 0 Å². The molecule has 0 unspecified atom stereocenters. The molecule has 1 amide bonds. The quantitative estimate of drug-likeness (QED) is 0.643. The van der Waals surface area contributed by atoms with E-state index in [0.717, 1.165) is 11.1 Å². The van der Waals surface area contributed by atoms with E-state index in [4.69, 9.17) is 0 Å². The third kappa shape index (κ3) is 7.83. The Kier molecular flexibility index (Phi) is 7.57. The highest BCUT2D eigenvalue weighted by atomic mass is 32.2. The molecule has 0 saturated carbocycles. The molecule has 0 aromatic heterocycles. The van der Waals surface area contributed by atoms with Gasteiger partial charge in [0.1, 0.15) is 6.54 Å². The number of sulfonamides is 1. The van der Waals surface area contributed by atoms with Crippen LogP contribution >= 0.6 is 0 Å². The summed E-state index contributed by atoms with van der Waals surface area (Å²) in [5, 5.41) is 1.54. The standard InChI is InChI=1S/C15H19F3N2O5S/c1-10-3-4-12(7-11(10)2)26(23,24)20-6-5-14(22)25-8-13(21)19-9-15(16,17)18/h3-4,7,20H,5-6,8-9H2,1-2H3,(H,19,21). The average Bonchev–Trinajstić information content (AvgIpc) is 2.52. The number of ether oxygens (including phenoxy) is 1. The second-order valence-electron chi connectivity index (χ2n) is 5.45. The molecule has 0 fully saturated rings. The molecule has 0 aliphatic carbocycles. The molecule has 146 valence electrons. The van der Waals surface area contributed by atoms with Crippen LogP contribution < -0.4 is 10.0 Å². The Morgan fingerprint density at radius 1 is 1.15 bits per heavy atom. The summed E-state index contributed by atoms with van der Waals surface area (Å²) in [6.45, 7) is 0.909. The second kappa shape index (κ2) is 8.99. The van der Waals surface area contributed by atoms with Crippen LogP contribution in [0.5, 0.6) is 0 Å². The number of hydrogen-bond acceptors (Lipinski definition) is 5. The molecule has 0 bridgehead atoms. The summed E-state index contributed by atoms with van der Waals surface area (Å²) in [6, 6.07) is 4.56. The van der Waals surface area contributed by atoms with E-state index in [2.05, 4.69) is 9.46 Å². The summed E-state index contributed by atoms with van der Waals surface area (Å²) in [5.74, 6) is -2.03. The van der Waals surface area contributed by atoms with Crippen LogP contribution in [0.4, 0.5) is 13.2 Å². The lowest BCUT2D eigenvalue weighted by atomic mass is 10.1. The third-order valence-electron chi connectivity index (χ3n) is 3.26. The molecule has 1 rings (SSSR count). The first kappa shape index (κ1) is 21.9. The number of aryl methyl sites for hydroxylation is 2. The Morgan fingerprint density at radius 3 is 2.38 bits per heavy atom. The van der Waals surface area contributed by atoms with Crippen LogP contribution in [-0.4, -0.2) is 46.2 Å². The SMILES string of the molecule is Cc1ccc(S(=O)(=O)NCCC(=O)OCC(=O)NCC(F)(F)F)cc1C. The van der Waals surface area contributed by atoms with E-state index in [0.29, 0.717) is 0 Å². The summed E-state index contributed by atoms with van der Waals surface area (Å²) in [6.07, 6.45) is -4.94. The monoisotopic (exact) mass is 396 g/mol. The van der Waals surface area contributed by atoms with Gasteiger partial charge in [-0.2, -0.15) is 13.2 Å². The number of benzene rings is 1. The number of amides is 1. The normalized spacial score (nSPS) is 11.9. The second-order valence-corrected chi connectivity index (χ2v) is 7.21. The Morgan fingerprint density at radius 2 is 1.81 bits per heavy atom. The Labute approximate surface area is 149 Å². The van der Waals surface area contributed by atoms with Gasteiger partial charge in [-0.1, -0.05) is 6.07 Å². The molecule has 7 nitrogen and oxygen atoms in total. The fourth-order valence-corrected chi connectivity index (χ4v) is 2.84. The maximum absolute atomic E-state index is 12.1. The van der Waals surface area contributed by atoms with Gasteiger partial charge in [0.25, 0.3) is 5.91 Å². The molecular weight excluding hydrogens is 377 g/mol. The maximum Gasteiger partial charge on any atom is 0.405 e. The molecule has 11 heteroatoms. The van der Waals surface area contributed by atoms with Gasteiger partial charge < -0.3 is 10.1 Å². The zero-order chi connectivity index (χ0) is 20.0. The number of halogens is 3. The van der Waals surface area contributed by atoms with Gasteiger partial charge in [0.2, 0.25) is 10.0 Å². The van der Waals surface area contributed by atoms with Gasteiger partial charge in [-0.3, -0.25) is 9.59 Å². The van der Waals surface area contributed by atoms with Gasteiger partial charge in [0.05, 0.1) is 11.3 Å². The summed E-state index contributed by atoms with van der Waals surface area (Å²) in [5.41, 5.74) is 1.72. The number of carbonyl (C=O) groups is 2. The Balaban J connectivity index is 2.39. The number of carbonyl (C=O) groups excluding carboxylic acids is 2. The summed E-state index contributed by atoms with van der Waals surface area (Å²) in [4.78, 5) is 22.5. The fourth-order valence-electron chi connectivity index (χ4n) is 1.72. The molecule has 0 spiro atoms. The smallest absolute Gasteiger partial charge is 0.405 e. The van der Waals surface area contributed by atoms with E-state index < -0.39 is 41.2 Å². The van der Waals surface area contributed by atoms with E-state index in [1.54, 1.807) is 13.0 Å². The van der Waals surface area contributed by atoms with Crippen molar-refractivity contribution in [1.29, 1.82) is 0 Å². The van der Waals surface area contributed by atoms with Gasteiger partial charge in [-0.25, -0.2) is 13.1 Å². The van der Waals surface area contributed by atoms with Gasteiger partial charge in [-0.15, -0.1) is 0 Å². The molecule has 0 radical (unpaired) electrons. The summed E-state index contributed by atoms with van der Waals surface area (Å²) < 4.78 is 66.5. The van der Waals surface area contributed by atoms with Crippen molar-refractivity contribution < 1.29 is 35.9 Å². The van der Waals surface area contributed by atoms with Crippen molar-refractivity contribution in [1.82, 2.24) is 10.0 Å². The van der Waals surface area contributed by atoms with E-state index in [9.17, 15) is 31.2 Å². The molecule has 1 aromatic carbocycles. The number of rotatable bonds is 8. The first-order valence-corrected chi connectivity index (χ1v) is 8.95. The van der Waals surface area contributed by atoms with Gasteiger partial charge in [0.15, 0.2) is 6.61 Å². The van der Waals surface area contributed by atoms with Crippen molar-refractivity contribution in [2.45, 2.75) is 31.3 Å². The highest BCUT2D eigenvalue weighted by molar-refractivity contribution is 7.89. The predicted molar refractivity (Wildman–Crippen MR) is 85.7 cm³/mol. The Hall–Kier alpha value is -2.14. The summed E-state index contributed by atoms with van der Waals surface area (Å²) in [7, 11) is -3.81. The molecule has 26 heavy (non-hydrogen) atoms. The highest BCUT2D eigenvalue weighted by Gasteiger charge is 2.27. The van der Waals surface area contributed by atoms with Crippen molar-refractivity contribution in [3.05, 3.63) is 29.3 Å². The van der Waals surface area contributed by atoms with Crippen molar-refractivity contribution in [2.75, 3.05) is 19.7 Å². The van der Waals surface area contributed by atoms with Crippen molar-refractivity contribution in [3.63, 3.8) is 0 Å². The number of hydrogen-bond donors (Lipinski definition) is 2. The molecular formula is C15H19F3N2O5S. The molecule has 0 aliphatic heterocycles. The van der Waals surface area contributed by atoms with Crippen LogP contribution in [-0.2, 0) is 24.3 Å². The topological polar surface area (TPSA) is 102 Å².